The van der Waals surface area contributed by atoms with E-state index < -0.39 is 11.9 Å². The van der Waals surface area contributed by atoms with Gasteiger partial charge in [-0.2, -0.15) is 0 Å². The molecule has 1 aliphatic heterocycles. The molecule has 0 saturated heterocycles. The number of esters is 1. The van der Waals surface area contributed by atoms with Crippen molar-refractivity contribution in [2.24, 2.45) is 0 Å². The first kappa shape index (κ1) is 22.1. The van der Waals surface area contributed by atoms with Gasteiger partial charge in [-0.1, -0.05) is 12.1 Å². The third-order valence-electron chi connectivity index (χ3n) is 5.89. The Morgan fingerprint density at radius 2 is 2.03 bits per heavy atom. The number of carbonyl (C=O) groups excluding carboxylic acids is 2. The fourth-order valence-electron chi connectivity index (χ4n) is 4.56. The van der Waals surface area contributed by atoms with Crippen molar-refractivity contribution < 1.29 is 24.2 Å². The van der Waals surface area contributed by atoms with E-state index in [1.54, 1.807) is 36.5 Å². The van der Waals surface area contributed by atoms with E-state index >= 15 is 0 Å². The van der Waals surface area contributed by atoms with Gasteiger partial charge in [-0.15, -0.1) is 11.3 Å². The molecule has 2 N–H and O–H groups in total. The fraction of sp³-hybridized carbons (Fsp3) is 0.360. The lowest BCUT2D eigenvalue weighted by Crippen LogP contribution is -2.36. The molecule has 1 aromatic heterocycles. The van der Waals surface area contributed by atoms with E-state index in [2.05, 4.69) is 11.4 Å². The molecule has 0 amide bonds. The Morgan fingerprint density at radius 1 is 1.22 bits per heavy atom. The summed E-state index contributed by atoms with van der Waals surface area (Å²) >= 11 is 1.66. The van der Waals surface area contributed by atoms with Gasteiger partial charge < -0.3 is 19.9 Å². The molecule has 6 nitrogen and oxygen atoms in total. The standard InChI is InChI=1S/C25H27NO5S/c1-4-30-20-13-15(8-9-18(20)27)23-22(25(29)31-5-2)14(3)26-17-11-16(12-19(28)24(17)23)21-7-6-10-32-21/h6-10,13,16,23,26-27H,4-5,11-12H2,1-3H3/t16-,23+/m0/s1. The van der Waals surface area contributed by atoms with Crippen LogP contribution in [0.5, 0.6) is 11.5 Å². The third kappa shape index (κ3) is 4.05. The second-order valence-electron chi connectivity index (χ2n) is 7.91. The number of thiophene rings is 1. The number of allylic oxidation sites excluding steroid dienone is 3. The van der Waals surface area contributed by atoms with E-state index in [0.717, 1.165) is 5.70 Å². The zero-order valence-corrected chi connectivity index (χ0v) is 19.3. The first-order valence-corrected chi connectivity index (χ1v) is 11.7. The van der Waals surface area contributed by atoms with Crippen molar-refractivity contribution in [2.75, 3.05) is 13.2 Å². The predicted molar refractivity (Wildman–Crippen MR) is 123 cm³/mol. The highest BCUT2D eigenvalue weighted by atomic mass is 32.1. The minimum Gasteiger partial charge on any atom is -0.504 e. The molecule has 2 aromatic rings. The first-order chi connectivity index (χ1) is 15.4. The molecule has 0 spiro atoms. The molecule has 7 heteroatoms. The van der Waals surface area contributed by atoms with Crippen LogP contribution < -0.4 is 10.1 Å². The molecule has 0 saturated carbocycles. The lowest BCUT2D eigenvalue weighted by molar-refractivity contribution is -0.138. The average Bonchev–Trinajstić information content (AvgIpc) is 3.29. The van der Waals surface area contributed by atoms with Crippen LogP contribution in [0.25, 0.3) is 0 Å². The van der Waals surface area contributed by atoms with Crippen LogP contribution in [-0.2, 0) is 14.3 Å². The molecule has 4 rings (SSSR count). The Labute approximate surface area is 191 Å². The summed E-state index contributed by atoms with van der Waals surface area (Å²) in [7, 11) is 0. The minimum absolute atomic E-state index is 0.0162. The van der Waals surface area contributed by atoms with E-state index in [1.807, 2.05) is 25.3 Å². The summed E-state index contributed by atoms with van der Waals surface area (Å²) in [6.45, 7) is 6.06. The molecule has 0 unspecified atom stereocenters. The van der Waals surface area contributed by atoms with E-state index in [4.69, 9.17) is 9.47 Å². The van der Waals surface area contributed by atoms with Crippen molar-refractivity contribution in [3.8, 4) is 11.5 Å². The number of carbonyl (C=O) groups is 2. The van der Waals surface area contributed by atoms with E-state index in [1.165, 1.54) is 4.88 Å². The van der Waals surface area contributed by atoms with E-state index in [-0.39, 0.29) is 24.1 Å². The summed E-state index contributed by atoms with van der Waals surface area (Å²) < 4.78 is 10.9. The van der Waals surface area contributed by atoms with Gasteiger partial charge in [-0.3, -0.25) is 4.79 Å². The number of phenols is 1. The SMILES string of the molecule is CCOC(=O)C1=C(C)NC2=C(C(=O)C[C@@H](c3cccs3)C2)[C@@H]1c1ccc(O)c(OCC)c1. The molecule has 168 valence electrons. The molecular weight excluding hydrogens is 426 g/mol. The fourth-order valence-corrected chi connectivity index (χ4v) is 5.39. The van der Waals surface area contributed by atoms with Gasteiger partial charge in [0, 0.05) is 40.1 Å². The highest BCUT2D eigenvalue weighted by molar-refractivity contribution is 7.10. The maximum absolute atomic E-state index is 13.5. The van der Waals surface area contributed by atoms with Crippen LogP contribution in [0.1, 0.15) is 55.9 Å². The molecular formula is C25H27NO5S. The van der Waals surface area contributed by atoms with Crippen molar-refractivity contribution in [1.29, 1.82) is 0 Å². The van der Waals surface area contributed by atoms with Crippen molar-refractivity contribution in [2.45, 2.75) is 45.4 Å². The number of dihydropyridines is 1. The van der Waals surface area contributed by atoms with Crippen LogP contribution in [-0.4, -0.2) is 30.1 Å². The zero-order chi connectivity index (χ0) is 22.8. The Hall–Kier alpha value is -3.06. The summed E-state index contributed by atoms with van der Waals surface area (Å²) in [5.41, 5.74) is 3.26. The van der Waals surface area contributed by atoms with Gasteiger partial charge in [0.15, 0.2) is 17.3 Å². The predicted octanol–water partition coefficient (Wildman–Crippen LogP) is 4.78. The van der Waals surface area contributed by atoms with Gasteiger partial charge in [0.05, 0.1) is 18.8 Å². The molecule has 2 heterocycles. The second kappa shape index (κ2) is 9.20. The number of aromatic hydroxyl groups is 1. The number of benzene rings is 1. The molecule has 1 aromatic carbocycles. The Balaban J connectivity index is 1.83. The zero-order valence-electron chi connectivity index (χ0n) is 18.4. The molecule has 2 aliphatic rings. The first-order valence-electron chi connectivity index (χ1n) is 10.8. The molecule has 0 bridgehead atoms. The number of phenolic OH excluding ortho intramolecular Hbond substituents is 1. The number of hydrogen-bond acceptors (Lipinski definition) is 7. The maximum atomic E-state index is 13.5. The summed E-state index contributed by atoms with van der Waals surface area (Å²) in [5.74, 6) is -0.557. The van der Waals surface area contributed by atoms with Gasteiger partial charge >= 0.3 is 5.97 Å². The smallest absolute Gasteiger partial charge is 0.336 e. The number of nitrogens with one attached hydrogen (secondary N) is 1. The topological polar surface area (TPSA) is 84.9 Å². The van der Waals surface area contributed by atoms with Gasteiger partial charge in [0.1, 0.15) is 0 Å². The van der Waals surface area contributed by atoms with Crippen LogP contribution >= 0.6 is 11.3 Å². The molecule has 0 radical (unpaired) electrons. The van der Waals surface area contributed by atoms with Crippen molar-refractivity contribution in [1.82, 2.24) is 5.32 Å². The van der Waals surface area contributed by atoms with E-state index in [0.29, 0.717) is 47.6 Å². The van der Waals surface area contributed by atoms with Crippen molar-refractivity contribution >= 4 is 23.1 Å². The number of Topliss-reactive ketones (excluding diaryl/α,β-unsaturated/α-hetero) is 1. The quantitative estimate of drug-likeness (QED) is 0.613. The summed E-state index contributed by atoms with van der Waals surface area (Å²) in [6.07, 6.45) is 1.09. The molecule has 0 fully saturated rings. The van der Waals surface area contributed by atoms with Gasteiger partial charge in [-0.05, 0) is 56.3 Å². The number of rotatable bonds is 6. The third-order valence-corrected chi connectivity index (χ3v) is 6.92. The number of hydrogen-bond donors (Lipinski definition) is 2. The molecule has 2 atom stereocenters. The number of ketones is 1. The van der Waals surface area contributed by atoms with Crippen LogP contribution in [0.2, 0.25) is 0 Å². The minimum atomic E-state index is -0.582. The summed E-state index contributed by atoms with van der Waals surface area (Å²) in [5, 5.41) is 15.5. The Morgan fingerprint density at radius 3 is 2.72 bits per heavy atom. The van der Waals surface area contributed by atoms with Gasteiger partial charge in [-0.25, -0.2) is 4.79 Å². The second-order valence-corrected chi connectivity index (χ2v) is 8.89. The van der Waals surface area contributed by atoms with Gasteiger partial charge in [0.25, 0.3) is 0 Å². The Kier molecular flexibility index (Phi) is 6.37. The lowest BCUT2D eigenvalue weighted by atomic mass is 9.72. The van der Waals surface area contributed by atoms with Crippen LogP contribution in [0.15, 0.2) is 58.3 Å². The lowest BCUT2D eigenvalue weighted by Gasteiger charge is -2.36. The van der Waals surface area contributed by atoms with Crippen LogP contribution in [0.3, 0.4) is 0 Å². The van der Waals surface area contributed by atoms with Gasteiger partial charge in [0.2, 0.25) is 0 Å². The highest BCUT2D eigenvalue weighted by Crippen LogP contribution is 2.47. The Bertz CT molecular complexity index is 1100. The van der Waals surface area contributed by atoms with E-state index in [9.17, 15) is 14.7 Å². The normalized spacial score (nSPS) is 20.7. The van der Waals surface area contributed by atoms with Crippen molar-refractivity contribution in [3.63, 3.8) is 0 Å². The van der Waals surface area contributed by atoms with Crippen LogP contribution in [0, 0.1) is 0 Å². The molecule has 32 heavy (non-hydrogen) atoms. The molecule has 1 aliphatic carbocycles. The summed E-state index contributed by atoms with van der Waals surface area (Å²) in [4.78, 5) is 27.6. The van der Waals surface area contributed by atoms with Crippen molar-refractivity contribution in [3.05, 3.63) is 68.7 Å². The maximum Gasteiger partial charge on any atom is 0.336 e. The summed E-state index contributed by atoms with van der Waals surface area (Å²) in [6, 6.07) is 9.06. The monoisotopic (exact) mass is 453 g/mol. The highest BCUT2D eigenvalue weighted by Gasteiger charge is 2.41. The largest absolute Gasteiger partial charge is 0.504 e. The number of ether oxygens (including phenoxy) is 2. The van der Waals surface area contributed by atoms with Crippen LogP contribution in [0.4, 0.5) is 0 Å². The average molecular weight is 454 g/mol.